The molecule has 0 radical (unpaired) electrons. The molecule has 0 bridgehead atoms. The van der Waals surface area contributed by atoms with Crippen LogP contribution in [0.1, 0.15) is 24.5 Å². The van der Waals surface area contributed by atoms with E-state index in [9.17, 15) is 9.18 Å². The largest absolute Gasteiger partial charge is 0.337 e. The average Bonchev–Trinajstić information content (AvgIpc) is 2.55. The molecule has 0 spiro atoms. The lowest BCUT2D eigenvalue weighted by molar-refractivity contribution is -0.132. The second-order valence-electron chi connectivity index (χ2n) is 4.70. The maximum Gasteiger partial charge on any atom is 0.239 e. The van der Waals surface area contributed by atoms with E-state index in [2.05, 4.69) is 5.32 Å². The highest BCUT2D eigenvalue weighted by molar-refractivity contribution is 5.81. The molecule has 1 N–H and O–H groups in total. The number of benzene rings is 1. The molecule has 0 saturated carbocycles. The molecule has 1 aliphatic heterocycles. The monoisotopic (exact) mass is 261 g/mol. The van der Waals surface area contributed by atoms with Crippen molar-refractivity contribution in [3.63, 3.8) is 0 Å². The lowest BCUT2D eigenvalue weighted by atomic mass is 10.1. The van der Waals surface area contributed by atoms with Crippen molar-refractivity contribution in [3.05, 3.63) is 35.1 Å². The Bertz CT molecular complexity index is 524. The molecule has 2 rings (SSSR count). The van der Waals surface area contributed by atoms with Crippen molar-refractivity contribution in [1.29, 1.82) is 5.26 Å². The van der Waals surface area contributed by atoms with Gasteiger partial charge in [0, 0.05) is 13.1 Å². The van der Waals surface area contributed by atoms with Gasteiger partial charge in [-0.25, -0.2) is 4.39 Å². The first-order valence-electron chi connectivity index (χ1n) is 6.32. The molecule has 1 atom stereocenters. The van der Waals surface area contributed by atoms with Crippen LogP contribution in [0.15, 0.2) is 18.2 Å². The minimum absolute atomic E-state index is 0.00866. The first-order chi connectivity index (χ1) is 9.11. The molecule has 4 nitrogen and oxygen atoms in total. The zero-order chi connectivity index (χ0) is 13.8. The molecular formula is C14H16FN3O. The molecule has 1 aromatic rings. The van der Waals surface area contributed by atoms with Crippen molar-refractivity contribution in [2.75, 3.05) is 13.1 Å². The number of halogens is 1. The number of hydrogen-bond acceptors (Lipinski definition) is 3. The summed E-state index contributed by atoms with van der Waals surface area (Å²) in [6, 6.07) is 5.84. The SMILES string of the molecule is CC1NCCCN(Cc2cc(F)ccc2C#N)C1=O. The van der Waals surface area contributed by atoms with Crippen LogP contribution in [0.3, 0.4) is 0 Å². The van der Waals surface area contributed by atoms with Crippen LogP contribution in [-0.4, -0.2) is 29.9 Å². The average molecular weight is 261 g/mol. The third-order valence-electron chi connectivity index (χ3n) is 3.29. The lowest BCUT2D eigenvalue weighted by Crippen LogP contribution is -2.41. The third-order valence-corrected chi connectivity index (χ3v) is 3.29. The van der Waals surface area contributed by atoms with Gasteiger partial charge in [0.1, 0.15) is 5.82 Å². The first-order valence-corrected chi connectivity index (χ1v) is 6.32. The first kappa shape index (κ1) is 13.5. The highest BCUT2D eigenvalue weighted by atomic mass is 19.1. The molecule has 0 aromatic heterocycles. The Morgan fingerprint density at radius 1 is 1.58 bits per heavy atom. The van der Waals surface area contributed by atoms with Crippen LogP contribution in [0.25, 0.3) is 0 Å². The number of hydrogen-bond donors (Lipinski definition) is 1. The van der Waals surface area contributed by atoms with Crippen molar-refractivity contribution in [2.24, 2.45) is 0 Å². The van der Waals surface area contributed by atoms with Gasteiger partial charge < -0.3 is 10.2 Å². The fourth-order valence-electron chi connectivity index (χ4n) is 2.22. The second-order valence-corrected chi connectivity index (χ2v) is 4.70. The van der Waals surface area contributed by atoms with Crippen molar-refractivity contribution in [1.82, 2.24) is 10.2 Å². The number of carbonyl (C=O) groups is 1. The summed E-state index contributed by atoms with van der Waals surface area (Å²) in [4.78, 5) is 13.8. The Kier molecular flexibility index (Phi) is 4.13. The maximum absolute atomic E-state index is 13.3. The molecule has 1 saturated heterocycles. The summed E-state index contributed by atoms with van der Waals surface area (Å²) in [7, 11) is 0. The normalized spacial score (nSPS) is 19.9. The van der Waals surface area contributed by atoms with Crippen molar-refractivity contribution in [3.8, 4) is 6.07 Å². The van der Waals surface area contributed by atoms with Gasteiger partial charge in [0.2, 0.25) is 5.91 Å². The van der Waals surface area contributed by atoms with Gasteiger partial charge in [0.25, 0.3) is 0 Å². The summed E-state index contributed by atoms with van der Waals surface area (Å²) in [5.41, 5.74) is 0.976. The summed E-state index contributed by atoms with van der Waals surface area (Å²) in [5.74, 6) is -0.395. The van der Waals surface area contributed by atoms with Crippen LogP contribution in [-0.2, 0) is 11.3 Å². The van der Waals surface area contributed by atoms with Gasteiger partial charge in [0.15, 0.2) is 0 Å². The van der Waals surface area contributed by atoms with E-state index >= 15 is 0 Å². The van der Waals surface area contributed by atoms with E-state index in [-0.39, 0.29) is 24.3 Å². The van der Waals surface area contributed by atoms with E-state index in [4.69, 9.17) is 5.26 Å². The van der Waals surface area contributed by atoms with Gasteiger partial charge in [0.05, 0.1) is 17.7 Å². The van der Waals surface area contributed by atoms with Gasteiger partial charge in [-0.2, -0.15) is 5.26 Å². The Hall–Kier alpha value is -1.93. The smallest absolute Gasteiger partial charge is 0.239 e. The zero-order valence-corrected chi connectivity index (χ0v) is 10.8. The summed E-state index contributed by atoms with van der Waals surface area (Å²) < 4.78 is 13.3. The molecule has 0 aliphatic carbocycles. The molecule has 1 aromatic carbocycles. The molecule has 5 heteroatoms. The van der Waals surface area contributed by atoms with Gasteiger partial charge in [-0.1, -0.05) is 0 Å². The summed E-state index contributed by atoms with van der Waals surface area (Å²) in [6.07, 6.45) is 0.854. The number of nitrogens with one attached hydrogen (secondary N) is 1. The Morgan fingerprint density at radius 2 is 2.37 bits per heavy atom. The molecule has 1 unspecified atom stereocenters. The number of carbonyl (C=O) groups excluding carboxylic acids is 1. The Labute approximate surface area is 111 Å². The lowest BCUT2D eigenvalue weighted by Gasteiger charge is -2.23. The molecule has 1 aliphatic rings. The topological polar surface area (TPSA) is 56.1 Å². The van der Waals surface area contributed by atoms with Crippen LogP contribution in [0.5, 0.6) is 0 Å². The predicted octanol–water partition coefficient (Wildman–Crippen LogP) is 1.41. The van der Waals surface area contributed by atoms with Gasteiger partial charge in [-0.3, -0.25) is 4.79 Å². The van der Waals surface area contributed by atoms with Crippen LogP contribution >= 0.6 is 0 Å². The quantitative estimate of drug-likeness (QED) is 0.875. The van der Waals surface area contributed by atoms with Crippen molar-refractivity contribution < 1.29 is 9.18 Å². The zero-order valence-electron chi connectivity index (χ0n) is 10.8. The Balaban J connectivity index is 2.22. The molecule has 1 heterocycles. The van der Waals surface area contributed by atoms with Crippen LogP contribution < -0.4 is 5.32 Å². The van der Waals surface area contributed by atoms with E-state index in [1.165, 1.54) is 18.2 Å². The Morgan fingerprint density at radius 3 is 3.11 bits per heavy atom. The molecule has 100 valence electrons. The standard InChI is InChI=1S/C14H16FN3O/c1-10-14(19)18(6-2-5-17-10)9-12-7-13(15)4-3-11(12)8-16/h3-4,7,10,17H,2,5-6,9H2,1H3. The predicted molar refractivity (Wildman–Crippen MR) is 68.6 cm³/mol. The van der Waals surface area contributed by atoms with E-state index < -0.39 is 0 Å². The van der Waals surface area contributed by atoms with Crippen molar-refractivity contribution in [2.45, 2.75) is 25.9 Å². The number of amides is 1. The fraction of sp³-hybridized carbons (Fsp3) is 0.429. The van der Waals surface area contributed by atoms with E-state index in [1.807, 2.05) is 13.0 Å². The molecule has 1 amide bonds. The summed E-state index contributed by atoms with van der Waals surface area (Å²) in [5, 5.41) is 12.1. The molecule has 19 heavy (non-hydrogen) atoms. The van der Waals surface area contributed by atoms with Gasteiger partial charge in [-0.15, -0.1) is 0 Å². The maximum atomic E-state index is 13.3. The van der Waals surface area contributed by atoms with Crippen molar-refractivity contribution >= 4 is 5.91 Å². The highest BCUT2D eigenvalue weighted by Gasteiger charge is 2.23. The van der Waals surface area contributed by atoms with Crippen LogP contribution in [0.4, 0.5) is 4.39 Å². The van der Waals surface area contributed by atoms with E-state index in [0.29, 0.717) is 17.7 Å². The summed E-state index contributed by atoms with van der Waals surface area (Å²) in [6.45, 7) is 3.51. The minimum Gasteiger partial charge on any atom is -0.337 e. The minimum atomic E-state index is -0.387. The summed E-state index contributed by atoms with van der Waals surface area (Å²) >= 11 is 0. The van der Waals surface area contributed by atoms with Gasteiger partial charge >= 0.3 is 0 Å². The van der Waals surface area contributed by atoms with Crippen LogP contribution in [0, 0.1) is 17.1 Å². The number of nitrogens with zero attached hydrogens (tertiary/aromatic N) is 2. The third kappa shape index (κ3) is 3.09. The van der Waals surface area contributed by atoms with E-state index in [1.54, 1.807) is 4.90 Å². The van der Waals surface area contributed by atoms with E-state index in [0.717, 1.165) is 13.0 Å². The van der Waals surface area contributed by atoms with Gasteiger partial charge in [-0.05, 0) is 43.7 Å². The molecular weight excluding hydrogens is 245 g/mol. The number of nitriles is 1. The molecule has 1 fully saturated rings. The fourth-order valence-corrected chi connectivity index (χ4v) is 2.22. The second kappa shape index (κ2) is 5.81. The number of rotatable bonds is 2. The highest BCUT2D eigenvalue weighted by Crippen LogP contribution is 2.15. The van der Waals surface area contributed by atoms with Crippen LogP contribution in [0.2, 0.25) is 0 Å².